The van der Waals surface area contributed by atoms with Crippen LogP contribution in [0.1, 0.15) is 23.3 Å². The van der Waals surface area contributed by atoms with E-state index in [0.717, 1.165) is 0 Å². The SMILES string of the molecule is CCOC(=O)c1cn(C(COC)COC)c2ncc(Br)cc2c1=O. The fraction of sp³-hybridized carbons (Fsp3) is 0.438. The van der Waals surface area contributed by atoms with Crippen molar-refractivity contribution < 1.29 is 19.0 Å². The van der Waals surface area contributed by atoms with E-state index in [-0.39, 0.29) is 18.2 Å². The summed E-state index contributed by atoms with van der Waals surface area (Å²) < 4.78 is 17.8. The molecule has 0 bridgehead atoms. The van der Waals surface area contributed by atoms with Crippen molar-refractivity contribution in [1.82, 2.24) is 9.55 Å². The molecule has 130 valence electrons. The summed E-state index contributed by atoms with van der Waals surface area (Å²) in [5.74, 6) is -0.660. The highest BCUT2D eigenvalue weighted by molar-refractivity contribution is 9.10. The van der Waals surface area contributed by atoms with Crippen LogP contribution in [0.25, 0.3) is 11.0 Å². The number of hydrogen-bond acceptors (Lipinski definition) is 6. The van der Waals surface area contributed by atoms with E-state index in [1.807, 2.05) is 0 Å². The van der Waals surface area contributed by atoms with Gasteiger partial charge in [0.1, 0.15) is 11.2 Å². The van der Waals surface area contributed by atoms with Crippen LogP contribution in [0.2, 0.25) is 0 Å². The molecule has 2 heterocycles. The molecule has 0 aliphatic rings. The van der Waals surface area contributed by atoms with Gasteiger partial charge in [0, 0.05) is 31.1 Å². The highest BCUT2D eigenvalue weighted by Crippen LogP contribution is 2.20. The monoisotopic (exact) mass is 398 g/mol. The van der Waals surface area contributed by atoms with Gasteiger partial charge in [-0.15, -0.1) is 0 Å². The largest absolute Gasteiger partial charge is 0.462 e. The minimum Gasteiger partial charge on any atom is -0.462 e. The quantitative estimate of drug-likeness (QED) is 0.664. The van der Waals surface area contributed by atoms with Gasteiger partial charge in [0.15, 0.2) is 0 Å². The van der Waals surface area contributed by atoms with Crippen molar-refractivity contribution in [3.05, 3.63) is 38.7 Å². The molecule has 0 unspecified atom stereocenters. The number of rotatable bonds is 7. The second-order valence-corrected chi connectivity index (χ2v) is 6.00. The maximum absolute atomic E-state index is 12.7. The average Bonchev–Trinajstić information content (AvgIpc) is 2.55. The topological polar surface area (TPSA) is 79.7 Å². The van der Waals surface area contributed by atoms with Crippen LogP contribution in [0.4, 0.5) is 0 Å². The maximum atomic E-state index is 12.7. The molecule has 2 rings (SSSR count). The molecule has 0 N–H and O–H groups in total. The highest BCUT2D eigenvalue weighted by atomic mass is 79.9. The molecule has 7 nitrogen and oxygen atoms in total. The van der Waals surface area contributed by atoms with Gasteiger partial charge in [-0.3, -0.25) is 4.79 Å². The predicted molar refractivity (Wildman–Crippen MR) is 92.4 cm³/mol. The summed E-state index contributed by atoms with van der Waals surface area (Å²) in [6.45, 7) is 2.55. The van der Waals surface area contributed by atoms with Crippen LogP contribution >= 0.6 is 15.9 Å². The Morgan fingerprint density at radius 2 is 2.00 bits per heavy atom. The van der Waals surface area contributed by atoms with Gasteiger partial charge in [-0.25, -0.2) is 9.78 Å². The zero-order valence-electron chi connectivity index (χ0n) is 13.7. The zero-order valence-corrected chi connectivity index (χ0v) is 15.3. The van der Waals surface area contributed by atoms with Gasteiger partial charge >= 0.3 is 5.97 Å². The van der Waals surface area contributed by atoms with Gasteiger partial charge in [0.05, 0.1) is 31.2 Å². The van der Waals surface area contributed by atoms with Crippen molar-refractivity contribution >= 4 is 32.9 Å². The lowest BCUT2D eigenvalue weighted by molar-refractivity contribution is 0.0522. The average molecular weight is 399 g/mol. The Hall–Kier alpha value is -1.77. The van der Waals surface area contributed by atoms with Crippen molar-refractivity contribution in [2.24, 2.45) is 0 Å². The molecule has 0 aliphatic heterocycles. The third-order valence-electron chi connectivity index (χ3n) is 3.44. The Kier molecular flexibility index (Phi) is 6.47. The standard InChI is InChI=1S/C16H19BrN2O5/c1-4-24-16(21)13-7-19(11(8-22-2)9-23-3)15-12(14(13)20)5-10(17)6-18-15/h5-7,11H,4,8-9H2,1-3H3. The van der Waals surface area contributed by atoms with Crippen molar-refractivity contribution in [3.8, 4) is 0 Å². The van der Waals surface area contributed by atoms with Crippen LogP contribution in [-0.2, 0) is 14.2 Å². The molecule has 0 spiro atoms. The molecule has 8 heteroatoms. The number of hydrogen-bond donors (Lipinski definition) is 0. The van der Waals surface area contributed by atoms with Crippen LogP contribution in [-0.4, -0.2) is 49.6 Å². The van der Waals surface area contributed by atoms with Crippen LogP contribution in [0.15, 0.2) is 27.7 Å². The van der Waals surface area contributed by atoms with E-state index in [9.17, 15) is 9.59 Å². The number of methoxy groups -OCH3 is 2. The number of ether oxygens (including phenoxy) is 3. The Labute approximate surface area is 147 Å². The molecule has 0 atom stereocenters. The predicted octanol–water partition coefficient (Wildman–Crippen LogP) is 2.17. The first-order chi connectivity index (χ1) is 11.5. The van der Waals surface area contributed by atoms with E-state index in [2.05, 4.69) is 20.9 Å². The third kappa shape index (κ3) is 3.82. The van der Waals surface area contributed by atoms with E-state index in [1.54, 1.807) is 38.0 Å². The lowest BCUT2D eigenvalue weighted by atomic mass is 10.1. The molecule has 2 aromatic rings. The molecule has 0 saturated carbocycles. The summed E-state index contributed by atoms with van der Waals surface area (Å²) in [5, 5.41) is 0.326. The molecule has 0 radical (unpaired) electrons. The summed E-state index contributed by atoms with van der Waals surface area (Å²) in [6, 6.07) is 1.39. The first-order valence-corrected chi connectivity index (χ1v) is 8.18. The van der Waals surface area contributed by atoms with Crippen LogP contribution in [0, 0.1) is 0 Å². The van der Waals surface area contributed by atoms with E-state index >= 15 is 0 Å². The number of halogens is 1. The lowest BCUT2D eigenvalue weighted by Gasteiger charge is -2.21. The fourth-order valence-electron chi connectivity index (χ4n) is 2.43. The third-order valence-corrected chi connectivity index (χ3v) is 3.88. The highest BCUT2D eigenvalue weighted by Gasteiger charge is 2.21. The number of fused-ring (bicyclic) bond motifs is 1. The molecule has 2 aromatic heterocycles. The first-order valence-electron chi connectivity index (χ1n) is 7.38. The van der Waals surface area contributed by atoms with Gasteiger partial charge in [0.25, 0.3) is 0 Å². The number of esters is 1. The second-order valence-electron chi connectivity index (χ2n) is 5.09. The minimum absolute atomic E-state index is 0.0403. The van der Waals surface area contributed by atoms with Gasteiger partial charge < -0.3 is 18.8 Å². The van der Waals surface area contributed by atoms with Crippen molar-refractivity contribution in [1.29, 1.82) is 0 Å². The molecule has 0 saturated heterocycles. The Morgan fingerprint density at radius 1 is 1.33 bits per heavy atom. The van der Waals surface area contributed by atoms with Crippen molar-refractivity contribution in [3.63, 3.8) is 0 Å². The first kappa shape index (κ1) is 18.6. The molecular weight excluding hydrogens is 380 g/mol. The minimum atomic E-state index is -0.660. The van der Waals surface area contributed by atoms with Crippen LogP contribution < -0.4 is 5.43 Å². The van der Waals surface area contributed by atoms with Crippen LogP contribution in [0.5, 0.6) is 0 Å². The summed E-state index contributed by atoms with van der Waals surface area (Å²) in [7, 11) is 3.15. The van der Waals surface area contributed by atoms with Crippen molar-refractivity contribution in [2.45, 2.75) is 13.0 Å². The molecule has 0 amide bonds. The van der Waals surface area contributed by atoms with Crippen molar-refractivity contribution in [2.75, 3.05) is 34.0 Å². The van der Waals surface area contributed by atoms with Gasteiger partial charge in [0.2, 0.25) is 5.43 Å². The van der Waals surface area contributed by atoms with Gasteiger partial charge in [-0.05, 0) is 28.9 Å². The second kappa shape index (κ2) is 8.36. The Morgan fingerprint density at radius 3 is 2.58 bits per heavy atom. The number of aromatic nitrogens is 2. The summed E-state index contributed by atoms with van der Waals surface area (Å²) in [4.78, 5) is 29.1. The van der Waals surface area contributed by atoms with E-state index in [1.165, 1.54) is 6.20 Å². The fourth-order valence-corrected chi connectivity index (χ4v) is 2.77. The summed E-state index contributed by atoms with van der Waals surface area (Å²) >= 11 is 3.31. The normalized spacial score (nSPS) is 11.2. The lowest BCUT2D eigenvalue weighted by Crippen LogP contribution is -2.26. The molecule has 0 aliphatic carbocycles. The van der Waals surface area contributed by atoms with Gasteiger partial charge in [-0.2, -0.15) is 0 Å². The maximum Gasteiger partial charge on any atom is 0.343 e. The number of carbonyl (C=O) groups is 1. The molecule has 0 aromatic carbocycles. The van der Waals surface area contributed by atoms with E-state index in [0.29, 0.717) is 28.7 Å². The Bertz CT molecular complexity index is 784. The van der Waals surface area contributed by atoms with E-state index < -0.39 is 11.4 Å². The summed E-state index contributed by atoms with van der Waals surface area (Å²) in [6.07, 6.45) is 3.06. The number of carbonyl (C=O) groups excluding carboxylic acids is 1. The summed E-state index contributed by atoms with van der Waals surface area (Å²) in [5.41, 5.74) is -0.00103. The Balaban J connectivity index is 2.74. The van der Waals surface area contributed by atoms with Gasteiger partial charge in [-0.1, -0.05) is 0 Å². The smallest absolute Gasteiger partial charge is 0.343 e. The molecule has 0 fully saturated rings. The molecular formula is C16H19BrN2O5. The zero-order chi connectivity index (χ0) is 17.7. The van der Waals surface area contributed by atoms with E-state index in [4.69, 9.17) is 14.2 Å². The molecule has 24 heavy (non-hydrogen) atoms. The number of nitrogens with zero attached hydrogens (tertiary/aromatic N) is 2. The van der Waals surface area contributed by atoms with Crippen LogP contribution in [0.3, 0.4) is 0 Å². The number of pyridine rings is 2.